The number of alkyl halides is 3. The molecule has 1 amide bonds. The van der Waals surface area contributed by atoms with Crippen LogP contribution in [0.15, 0.2) is 43.0 Å². The Bertz CT molecular complexity index is 626. The Kier molecular flexibility index (Phi) is 4.75. The Morgan fingerprint density at radius 1 is 1.32 bits per heavy atom. The third kappa shape index (κ3) is 3.79. The molecule has 2 rings (SSSR count). The number of benzene rings is 1. The molecule has 0 saturated heterocycles. The van der Waals surface area contributed by atoms with Crippen molar-refractivity contribution in [2.45, 2.75) is 25.2 Å². The maximum atomic E-state index is 13.2. The molecule has 1 heterocycles. The Morgan fingerprint density at radius 2 is 1.95 bits per heavy atom. The lowest BCUT2D eigenvalue weighted by atomic mass is 10.1. The number of carbonyl (C=O) groups excluding carboxylic acids is 1. The van der Waals surface area contributed by atoms with Crippen LogP contribution in [-0.2, 0) is 4.79 Å². The van der Waals surface area contributed by atoms with Crippen molar-refractivity contribution in [2.24, 2.45) is 0 Å². The molecule has 0 aliphatic rings. The van der Waals surface area contributed by atoms with Gasteiger partial charge in [0.15, 0.2) is 6.04 Å². The number of amides is 1. The zero-order chi connectivity index (χ0) is 16.3. The van der Waals surface area contributed by atoms with Crippen LogP contribution in [0.1, 0.15) is 24.6 Å². The van der Waals surface area contributed by atoms with E-state index in [2.05, 4.69) is 4.98 Å². The molecule has 0 unspecified atom stereocenters. The molecule has 8 heteroatoms. The first kappa shape index (κ1) is 16.4. The van der Waals surface area contributed by atoms with Crippen LogP contribution in [0.3, 0.4) is 0 Å². The van der Waals surface area contributed by atoms with E-state index in [-0.39, 0.29) is 5.56 Å². The Labute approximate surface area is 129 Å². The summed E-state index contributed by atoms with van der Waals surface area (Å²) in [7, 11) is 0. The van der Waals surface area contributed by atoms with Gasteiger partial charge in [-0.3, -0.25) is 4.79 Å². The highest BCUT2D eigenvalue weighted by Gasteiger charge is 2.42. The minimum absolute atomic E-state index is 0.0805. The van der Waals surface area contributed by atoms with Gasteiger partial charge in [0.1, 0.15) is 6.04 Å². The number of nitrogens with one attached hydrogen (secondary N) is 1. The summed E-state index contributed by atoms with van der Waals surface area (Å²) in [6.45, 7) is 1.49. The van der Waals surface area contributed by atoms with Crippen LogP contribution in [0.2, 0.25) is 5.02 Å². The summed E-state index contributed by atoms with van der Waals surface area (Å²) in [4.78, 5) is 15.8. The van der Waals surface area contributed by atoms with E-state index in [1.165, 1.54) is 54.5 Å². The van der Waals surface area contributed by atoms with E-state index in [0.717, 1.165) is 0 Å². The van der Waals surface area contributed by atoms with Crippen molar-refractivity contribution in [3.63, 3.8) is 0 Å². The van der Waals surface area contributed by atoms with Crippen LogP contribution in [0.25, 0.3) is 0 Å². The van der Waals surface area contributed by atoms with E-state index < -0.39 is 24.2 Å². The average Bonchev–Trinajstić information content (AvgIpc) is 2.97. The molecule has 0 aliphatic carbocycles. The molecule has 0 radical (unpaired) electrons. The predicted octanol–water partition coefficient (Wildman–Crippen LogP) is 3.52. The Hall–Kier alpha value is -2.02. The van der Waals surface area contributed by atoms with Crippen molar-refractivity contribution >= 4 is 17.5 Å². The van der Waals surface area contributed by atoms with Crippen LogP contribution in [0.5, 0.6) is 0 Å². The van der Waals surface area contributed by atoms with Gasteiger partial charge in [-0.1, -0.05) is 23.7 Å². The fourth-order valence-electron chi connectivity index (χ4n) is 1.91. The van der Waals surface area contributed by atoms with Gasteiger partial charge in [0.25, 0.3) is 0 Å². The summed E-state index contributed by atoms with van der Waals surface area (Å²) in [5.41, 5.74) is -0.0805. The Balaban J connectivity index is 2.20. The van der Waals surface area contributed by atoms with Crippen LogP contribution in [-0.4, -0.2) is 21.6 Å². The summed E-state index contributed by atoms with van der Waals surface area (Å²) >= 11 is 5.68. The smallest absolute Gasteiger partial charge is 0.339 e. The zero-order valence-corrected chi connectivity index (χ0v) is 12.3. The summed E-state index contributed by atoms with van der Waals surface area (Å²) < 4.78 is 41.0. The number of imidazole rings is 1. The molecule has 118 valence electrons. The highest BCUT2D eigenvalue weighted by Crippen LogP contribution is 2.33. The second-order valence-corrected chi connectivity index (χ2v) is 5.16. The average molecular weight is 332 g/mol. The normalized spacial score (nSPS) is 14.4. The van der Waals surface area contributed by atoms with Crippen LogP contribution >= 0.6 is 11.6 Å². The van der Waals surface area contributed by atoms with E-state index >= 15 is 0 Å². The molecule has 2 aromatic rings. The third-order valence-electron chi connectivity index (χ3n) is 3.17. The number of carbonyl (C=O) groups is 1. The molecule has 0 spiro atoms. The number of halogens is 4. The number of nitrogens with zero attached hydrogens (tertiary/aromatic N) is 2. The highest BCUT2D eigenvalue weighted by atomic mass is 35.5. The zero-order valence-electron chi connectivity index (χ0n) is 11.5. The quantitative estimate of drug-likeness (QED) is 0.931. The van der Waals surface area contributed by atoms with E-state index in [4.69, 9.17) is 11.6 Å². The van der Waals surface area contributed by atoms with Crippen molar-refractivity contribution in [3.8, 4) is 0 Å². The fourth-order valence-corrected chi connectivity index (χ4v) is 2.03. The van der Waals surface area contributed by atoms with E-state index in [1.54, 1.807) is 0 Å². The molecule has 1 aromatic carbocycles. The van der Waals surface area contributed by atoms with Gasteiger partial charge in [-0.05, 0) is 24.6 Å². The minimum Gasteiger partial charge on any atom is -0.339 e. The van der Waals surface area contributed by atoms with E-state index in [0.29, 0.717) is 5.02 Å². The molecule has 0 saturated carbocycles. The lowest BCUT2D eigenvalue weighted by Gasteiger charge is -2.24. The second-order valence-electron chi connectivity index (χ2n) is 4.72. The molecule has 0 bridgehead atoms. The molecular weight excluding hydrogens is 319 g/mol. The molecule has 4 nitrogen and oxygen atoms in total. The van der Waals surface area contributed by atoms with Gasteiger partial charge in [-0.2, -0.15) is 13.2 Å². The maximum absolute atomic E-state index is 13.2. The van der Waals surface area contributed by atoms with E-state index in [9.17, 15) is 18.0 Å². The lowest BCUT2D eigenvalue weighted by molar-refractivity contribution is -0.164. The first-order valence-electron chi connectivity index (χ1n) is 6.39. The molecule has 2 atom stereocenters. The number of hydrogen-bond acceptors (Lipinski definition) is 2. The lowest BCUT2D eigenvalue weighted by Crippen LogP contribution is -2.41. The maximum Gasteiger partial charge on any atom is 0.412 e. The fraction of sp³-hybridized carbons (Fsp3) is 0.286. The molecule has 0 fully saturated rings. The van der Waals surface area contributed by atoms with Crippen molar-refractivity contribution in [2.75, 3.05) is 0 Å². The summed E-state index contributed by atoms with van der Waals surface area (Å²) in [5.74, 6) is -0.754. The van der Waals surface area contributed by atoms with E-state index in [1.807, 2.05) is 5.32 Å². The van der Waals surface area contributed by atoms with Crippen molar-refractivity contribution in [3.05, 3.63) is 53.6 Å². The molecular formula is C14H13ClF3N3O. The largest absolute Gasteiger partial charge is 0.412 e. The predicted molar refractivity (Wildman–Crippen MR) is 75.3 cm³/mol. The van der Waals surface area contributed by atoms with Gasteiger partial charge in [-0.25, -0.2) is 4.98 Å². The minimum atomic E-state index is -4.61. The van der Waals surface area contributed by atoms with Gasteiger partial charge in [0.2, 0.25) is 5.91 Å². The number of rotatable bonds is 4. The van der Waals surface area contributed by atoms with Crippen LogP contribution in [0, 0.1) is 0 Å². The van der Waals surface area contributed by atoms with Gasteiger partial charge < -0.3 is 9.88 Å². The van der Waals surface area contributed by atoms with Gasteiger partial charge >= 0.3 is 6.18 Å². The van der Waals surface area contributed by atoms with Gasteiger partial charge in [0, 0.05) is 17.4 Å². The molecule has 1 aromatic heterocycles. The standard InChI is InChI=1S/C14H13ClF3N3O/c1-9(21-7-6-19-8-21)13(22)20-12(14(16,17)18)10-2-4-11(15)5-3-10/h2-9,12H,1H3,(H,20,22)/t9-,12+/m1/s1. The molecule has 1 N–H and O–H groups in total. The monoisotopic (exact) mass is 331 g/mol. The Morgan fingerprint density at radius 3 is 2.45 bits per heavy atom. The molecule has 22 heavy (non-hydrogen) atoms. The van der Waals surface area contributed by atoms with Crippen molar-refractivity contribution in [1.29, 1.82) is 0 Å². The van der Waals surface area contributed by atoms with Crippen molar-refractivity contribution in [1.82, 2.24) is 14.9 Å². The van der Waals surface area contributed by atoms with Gasteiger partial charge in [-0.15, -0.1) is 0 Å². The SMILES string of the molecule is C[C@H](C(=O)N[C@@H](c1ccc(Cl)cc1)C(F)(F)F)n1ccnc1. The van der Waals surface area contributed by atoms with Crippen molar-refractivity contribution < 1.29 is 18.0 Å². The number of aromatic nitrogens is 2. The highest BCUT2D eigenvalue weighted by molar-refractivity contribution is 6.30. The van der Waals surface area contributed by atoms with Gasteiger partial charge in [0.05, 0.1) is 6.33 Å². The van der Waals surface area contributed by atoms with Crippen LogP contribution < -0.4 is 5.32 Å². The number of hydrogen-bond donors (Lipinski definition) is 1. The topological polar surface area (TPSA) is 46.9 Å². The van der Waals surface area contributed by atoms with Crippen LogP contribution in [0.4, 0.5) is 13.2 Å². The third-order valence-corrected chi connectivity index (χ3v) is 3.42. The summed E-state index contributed by atoms with van der Waals surface area (Å²) in [6, 6.07) is 2.27. The first-order chi connectivity index (χ1) is 10.3. The molecule has 0 aliphatic heterocycles. The summed E-state index contributed by atoms with van der Waals surface area (Å²) in [5, 5.41) is 2.35. The summed E-state index contributed by atoms with van der Waals surface area (Å²) in [6.07, 6.45) is -0.285. The first-order valence-corrected chi connectivity index (χ1v) is 6.77. The second kappa shape index (κ2) is 6.39.